The maximum absolute atomic E-state index is 12.1. The Kier molecular flexibility index (Phi) is 3.49. The van der Waals surface area contributed by atoms with Crippen LogP contribution in [-0.4, -0.2) is 29.5 Å². The van der Waals surface area contributed by atoms with Crippen molar-refractivity contribution < 1.29 is 18.3 Å². The molecular formula is C12H13N3O4S. The van der Waals surface area contributed by atoms with Crippen LogP contribution in [0.4, 0.5) is 5.69 Å². The first-order chi connectivity index (χ1) is 9.31. The van der Waals surface area contributed by atoms with Crippen LogP contribution in [0.15, 0.2) is 29.4 Å². The van der Waals surface area contributed by atoms with Gasteiger partial charge in [-0.05, 0) is 31.5 Å². The van der Waals surface area contributed by atoms with E-state index < -0.39 is 16.0 Å². The number of aryl methyl sites for hydroxylation is 1. The molecule has 3 N–H and O–H groups in total. The fourth-order valence-corrected chi connectivity index (χ4v) is 2.81. The summed E-state index contributed by atoms with van der Waals surface area (Å²) in [4.78, 5) is 17.5. The zero-order valence-electron chi connectivity index (χ0n) is 10.8. The summed E-state index contributed by atoms with van der Waals surface area (Å²) in [5.74, 6) is -0.637. The van der Waals surface area contributed by atoms with E-state index in [1.54, 1.807) is 13.8 Å². The van der Waals surface area contributed by atoms with E-state index in [0.717, 1.165) is 0 Å². The van der Waals surface area contributed by atoms with E-state index in [2.05, 4.69) is 14.7 Å². The highest BCUT2D eigenvalue weighted by Crippen LogP contribution is 2.22. The molecule has 106 valence electrons. The second-order valence-electron chi connectivity index (χ2n) is 4.22. The van der Waals surface area contributed by atoms with Crippen molar-refractivity contribution in [3.8, 4) is 0 Å². The van der Waals surface area contributed by atoms with Gasteiger partial charge in [0.25, 0.3) is 10.0 Å². The van der Waals surface area contributed by atoms with Crippen LogP contribution in [0.1, 0.15) is 21.7 Å². The van der Waals surface area contributed by atoms with Gasteiger partial charge in [-0.25, -0.2) is 9.78 Å². The third-order valence-electron chi connectivity index (χ3n) is 2.78. The van der Waals surface area contributed by atoms with Crippen LogP contribution >= 0.6 is 0 Å². The lowest BCUT2D eigenvalue weighted by atomic mass is 10.1. The number of imidazole rings is 1. The van der Waals surface area contributed by atoms with Crippen LogP contribution < -0.4 is 4.72 Å². The monoisotopic (exact) mass is 295 g/mol. The molecule has 0 fully saturated rings. The summed E-state index contributed by atoms with van der Waals surface area (Å²) in [5.41, 5.74) is 0.614. The molecule has 0 spiro atoms. The highest BCUT2D eigenvalue weighted by atomic mass is 32.2. The van der Waals surface area contributed by atoms with E-state index in [1.165, 1.54) is 24.4 Å². The average molecular weight is 295 g/mol. The number of benzene rings is 1. The lowest BCUT2D eigenvalue weighted by Gasteiger charge is -2.10. The number of rotatable bonds is 4. The Balaban J connectivity index is 2.40. The molecule has 0 amide bonds. The molecule has 1 aromatic heterocycles. The molecule has 1 heterocycles. The van der Waals surface area contributed by atoms with Gasteiger partial charge in [-0.15, -0.1) is 0 Å². The van der Waals surface area contributed by atoms with Crippen LogP contribution in [0, 0.1) is 13.8 Å². The average Bonchev–Trinajstić information content (AvgIpc) is 2.79. The number of sulfonamides is 1. The van der Waals surface area contributed by atoms with Crippen molar-refractivity contribution in [3.05, 3.63) is 41.3 Å². The van der Waals surface area contributed by atoms with Crippen molar-refractivity contribution in [2.24, 2.45) is 0 Å². The normalized spacial score (nSPS) is 11.3. The van der Waals surface area contributed by atoms with Crippen molar-refractivity contribution in [1.82, 2.24) is 9.97 Å². The summed E-state index contributed by atoms with van der Waals surface area (Å²) in [6, 6.07) is 4.39. The fraction of sp³-hybridized carbons (Fsp3) is 0.167. The molecule has 0 atom stereocenters. The van der Waals surface area contributed by atoms with Gasteiger partial charge in [-0.3, -0.25) is 4.72 Å². The van der Waals surface area contributed by atoms with Gasteiger partial charge in [-0.2, -0.15) is 8.42 Å². The topological polar surface area (TPSA) is 112 Å². The quantitative estimate of drug-likeness (QED) is 0.791. The number of aromatic nitrogens is 2. The van der Waals surface area contributed by atoms with Gasteiger partial charge in [0.05, 0.1) is 17.4 Å². The van der Waals surface area contributed by atoms with Crippen LogP contribution in [0.5, 0.6) is 0 Å². The van der Waals surface area contributed by atoms with Gasteiger partial charge in [-0.1, -0.05) is 6.07 Å². The molecule has 2 aromatic rings. The number of nitrogens with zero attached hydrogens (tertiary/aromatic N) is 1. The lowest BCUT2D eigenvalue weighted by Crippen LogP contribution is -2.15. The number of anilines is 1. The number of carbonyl (C=O) groups is 1. The number of nitrogens with one attached hydrogen (secondary N) is 2. The number of carboxylic acid groups (broad SMARTS) is 1. The van der Waals surface area contributed by atoms with E-state index in [9.17, 15) is 13.2 Å². The number of aromatic carboxylic acids is 1. The smallest absolute Gasteiger partial charge is 0.336 e. The zero-order valence-corrected chi connectivity index (χ0v) is 11.7. The number of H-pyrrole nitrogens is 1. The van der Waals surface area contributed by atoms with Crippen molar-refractivity contribution in [2.75, 3.05) is 4.72 Å². The second kappa shape index (κ2) is 4.97. The molecule has 0 saturated carbocycles. The van der Waals surface area contributed by atoms with Crippen LogP contribution in [0.25, 0.3) is 0 Å². The molecule has 20 heavy (non-hydrogen) atoms. The van der Waals surface area contributed by atoms with E-state index >= 15 is 0 Å². The number of hydrogen-bond donors (Lipinski definition) is 3. The molecule has 0 aliphatic carbocycles. The maximum atomic E-state index is 12.1. The number of aromatic amines is 1. The largest absolute Gasteiger partial charge is 0.478 e. The molecule has 0 bridgehead atoms. The Labute approximate surface area is 115 Å². The molecule has 0 aliphatic heterocycles. The molecule has 0 unspecified atom stereocenters. The fourth-order valence-electron chi connectivity index (χ4n) is 1.71. The first-order valence-electron chi connectivity index (χ1n) is 5.68. The van der Waals surface area contributed by atoms with Gasteiger partial charge >= 0.3 is 5.97 Å². The lowest BCUT2D eigenvalue weighted by molar-refractivity contribution is 0.0696. The SMILES string of the molecule is Cc1ncc(S(=O)(=O)Nc2cccc(C(=O)O)c2C)[nH]1. The summed E-state index contributed by atoms with van der Waals surface area (Å²) in [7, 11) is -3.82. The molecule has 0 aliphatic rings. The highest BCUT2D eigenvalue weighted by Gasteiger charge is 2.19. The molecule has 0 saturated heterocycles. The van der Waals surface area contributed by atoms with E-state index in [-0.39, 0.29) is 16.3 Å². The van der Waals surface area contributed by atoms with Crippen LogP contribution in [-0.2, 0) is 10.0 Å². The highest BCUT2D eigenvalue weighted by molar-refractivity contribution is 7.92. The third kappa shape index (κ3) is 2.64. The van der Waals surface area contributed by atoms with Gasteiger partial charge in [0.1, 0.15) is 5.82 Å². The minimum atomic E-state index is -3.82. The predicted octanol–water partition coefficient (Wildman–Crippen LogP) is 1.53. The number of carboxylic acids is 1. The molecule has 2 rings (SSSR count). The summed E-state index contributed by atoms with van der Waals surface area (Å²) in [6.45, 7) is 3.18. The Hall–Kier alpha value is -2.35. The van der Waals surface area contributed by atoms with Gasteiger partial charge in [0.2, 0.25) is 0 Å². The first-order valence-corrected chi connectivity index (χ1v) is 7.17. The number of hydrogen-bond acceptors (Lipinski definition) is 4. The summed E-state index contributed by atoms with van der Waals surface area (Å²) in [5, 5.41) is 8.94. The predicted molar refractivity (Wildman–Crippen MR) is 72.3 cm³/mol. The Morgan fingerprint density at radius 2 is 2.05 bits per heavy atom. The molecule has 0 radical (unpaired) electrons. The minimum absolute atomic E-state index is 0.0472. The zero-order chi connectivity index (χ0) is 14.9. The molecule has 7 nitrogen and oxygen atoms in total. The summed E-state index contributed by atoms with van der Waals surface area (Å²) in [6.07, 6.45) is 1.20. The van der Waals surface area contributed by atoms with Crippen molar-refractivity contribution in [2.45, 2.75) is 18.9 Å². The van der Waals surface area contributed by atoms with E-state index in [1.807, 2.05) is 0 Å². The van der Waals surface area contributed by atoms with Gasteiger partial charge < -0.3 is 10.1 Å². The van der Waals surface area contributed by atoms with Crippen molar-refractivity contribution >= 4 is 21.7 Å². The molecule has 1 aromatic carbocycles. The van der Waals surface area contributed by atoms with Crippen LogP contribution in [0.2, 0.25) is 0 Å². The Bertz CT molecular complexity index is 765. The van der Waals surface area contributed by atoms with Crippen molar-refractivity contribution in [1.29, 1.82) is 0 Å². The third-order valence-corrected chi connectivity index (χ3v) is 4.05. The van der Waals surface area contributed by atoms with Crippen molar-refractivity contribution in [3.63, 3.8) is 0 Å². The second-order valence-corrected chi connectivity index (χ2v) is 5.87. The molecule has 8 heteroatoms. The standard InChI is InChI=1S/C12H13N3O4S/c1-7-9(12(16)17)4-3-5-10(7)15-20(18,19)11-6-13-8(2)14-11/h3-6,15H,1-2H3,(H,13,14)(H,16,17). The molecular weight excluding hydrogens is 282 g/mol. The summed E-state index contributed by atoms with van der Waals surface area (Å²) >= 11 is 0. The maximum Gasteiger partial charge on any atom is 0.336 e. The summed E-state index contributed by atoms with van der Waals surface area (Å²) < 4.78 is 26.6. The van der Waals surface area contributed by atoms with Gasteiger partial charge in [0, 0.05) is 0 Å². The van der Waals surface area contributed by atoms with Gasteiger partial charge in [0.15, 0.2) is 5.03 Å². The first kappa shape index (κ1) is 14.1. The minimum Gasteiger partial charge on any atom is -0.478 e. The van der Waals surface area contributed by atoms with E-state index in [0.29, 0.717) is 11.4 Å². The van der Waals surface area contributed by atoms with Crippen LogP contribution in [0.3, 0.4) is 0 Å². The Morgan fingerprint density at radius 3 is 2.60 bits per heavy atom. The van der Waals surface area contributed by atoms with E-state index in [4.69, 9.17) is 5.11 Å². The Morgan fingerprint density at radius 1 is 1.35 bits per heavy atom.